The molecule has 0 aliphatic carbocycles. The summed E-state index contributed by atoms with van der Waals surface area (Å²) in [5.74, 6) is -0.687. The lowest BCUT2D eigenvalue weighted by Gasteiger charge is -2.20. The molecular formula is C10H22ClNO2. The molecule has 0 aliphatic heterocycles. The van der Waals surface area contributed by atoms with Crippen molar-refractivity contribution >= 4 is 18.4 Å². The van der Waals surface area contributed by atoms with Gasteiger partial charge in [-0.25, -0.2) is 0 Å². The van der Waals surface area contributed by atoms with Crippen LogP contribution in [0.5, 0.6) is 0 Å². The van der Waals surface area contributed by atoms with Crippen molar-refractivity contribution in [2.75, 3.05) is 19.6 Å². The second-order valence-electron chi connectivity index (χ2n) is 3.34. The molecule has 0 saturated heterocycles. The highest BCUT2D eigenvalue weighted by Gasteiger charge is 2.03. The molecule has 14 heavy (non-hydrogen) atoms. The van der Waals surface area contributed by atoms with Crippen LogP contribution >= 0.6 is 12.4 Å². The Bertz CT molecular complexity index is 136. The van der Waals surface area contributed by atoms with Crippen molar-refractivity contribution in [1.29, 1.82) is 0 Å². The fourth-order valence-corrected chi connectivity index (χ4v) is 1.42. The lowest BCUT2D eigenvalue weighted by molar-refractivity contribution is -0.137. The van der Waals surface area contributed by atoms with Gasteiger partial charge in [0.2, 0.25) is 0 Å². The Balaban J connectivity index is 0. The van der Waals surface area contributed by atoms with Crippen LogP contribution in [-0.4, -0.2) is 35.6 Å². The second-order valence-corrected chi connectivity index (χ2v) is 3.34. The zero-order chi connectivity index (χ0) is 10.1. The topological polar surface area (TPSA) is 40.5 Å². The van der Waals surface area contributed by atoms with Crippen molar-refractivity contribution in [3.05, 3.63) is 0 Å². The molecule has 0 fully saturated rings. The maximum absolute atomic E-state index is 10.3. The van der Waals surface area contributed by atoms with Crippen LogP contribution in [0, 0.1) is 0 Å². The molecule has 0 atom stereocenters. The largest absolute Gasteiger partial charge is 0.481 e. The number of rotatable bonds is 8. The third-order valence-electron chi connectivity index (χ3n) is 1.94. The first-order chi connectivity index (χ1) is 6.20. The summed E-state index contributed by atoms with van der Waals surface area (Å²) < 4.78 is 0. The monoisotopic (exact) mass is 223 g/mol. The third kappa shape index (κ3) is 9.81. The van der Waals surface area contributed by atoms with Gasteiger partial charge in [0.15, 0.2) is 0 Å². The third-order valence-corrected chi connectivity index (χ3v) is 1.94. The van der Waals surface area contributed by atoms with Gasteiger partial charge >= 0.3 is 5.97 Å². The highest BCUT2D eigenvalue weighted by atomic mass is 35.5. The van der Waals surface area contributed by atoms with Crippen molar-refractivity contribution in [3.8, 4) is 0 Å². The fourth-order valence-electron chi connectivity index (χ4n) is 1.42. The molecule has 0 heterocycles. The van der Waals surface area contributed by atoms with Gasteiger partial charge in [-0.2, -0.15) is 0 Å². The van der Waals surface area contributed by atoms with Gasteiger partial charge in [0, 0.05) is 6.42 Å². The van der Waals surface area contributed by atoms with E-state index in [-0.39, 0.29) is 12.4 Å². The minimum absolute atomic E-state index is 0. The predicted molar refractivity (Wildman–Crippen MR) is 61.1 cm³/mol. The smallest absolute Gasteiger partial charge is 0.303 e. The maximum atomic E-state index is 10.3. The molecule has 0 aliphatic rings. The normalized spacial score (nSPS) is 9.93. The van der Waals surface area contributed by atoms with Crippen LogP contribution in [-0.2, 0) is 4.79 Å². The summed E-state index contributed by atoms with van der Waals surface area (Å²) >= 11 is 0. The van der Waals surface area contributed by atoms with E-state index >= 15 is 0 Å². The summed E-state index contributed by atoms with van der Waals surface area (Å²) in [5.41, 5.74) is 0. The molecule has 0 rings (SSSR count). The summed E-state index contributed by atoms with van der Waals surface area (Å²) in [5, 5.41) is 8.47. The SMILES string of the molecule is CCCN(CCC)CCCC(=O)O.Cl. The Hall–Kier alpha value is -0.280. The van der Waals surface area contributed by atoms with Gasteiger partial charge in [-0.3, -0.25) is 4.79 Å². The summed E-state index contributed by atoms with van der Waals surface area (Å²) in [6, 6.07) is 0. The molecule has 0 unspecified atom stereocenters. The van der Waals surface area contributed by atoms with Gasteiger partial charge in [0.25, 0.3) is 0 Å². The van der Waals surface area contributed by atoms with Crippen molar-refractivity contribution in [1.82, 2.24) is 4.90 Å². The summed E-state index contributed by atoms with van der Waals surface area (Å²) in [4.78, 5) is 12.6. The Morgan fingerprint density at radius 2 is 1.64 bits per heavy atom. The molecule has 0 aromatic rings. The van der Waals surface area contributed by atoms with Gasteiger partial charge in [-0.15, -0.1) is 12.4 Å². The van der Waals surface area contributed by atoms with E-state index < -0.39 is 5.97 Å². The molecule has 3 nitrogen and oxygen atoms in total. The van der Waals surface area contributed by atoms with E-state index in [0.29, 0.717) is 6.42 Å². The molecule has 0 radical (unpaired) electrons. The predicted octanol–water partition coefficient (Wildman–Crippen LogP) is 2.40. The lowest BCUT2D eigenvalue weighted by atomic mass is 10.2. The van der Waals surface area contributed by atoms with Crippen LogP contribution in [0.3, 0.4) is 0 Å². The van der Waals surface area contributed by atoms with Crippen molar-refractivity contribution in [2.45, 2.75) is 39.5 Å². The van der Waals surface area contributed by atoms with E-state index in [2.05, 4.69) is 18.7 Å². The lowest BCUT2D eigenvalue weighted by Crippen LogP contribution is -2.26. The highest BCUT2D eigenvalue weighted by molar-refractivity contribution is 5.85. The first-order valence-electron chi connectivity index (χ1n) is 5.14. The molecule has 0 aromatic carbocycles. The van der Waals surface area contributed by atoms with Crippen molar-refractivity contribution in [3.63, 3.8) is 0 Å². The molecule has 86 valence electrons. The molecule has 0 bridgehead atoms. The molecule has 0 saturated carbocycles. The Labute approximate surface area is 92.9 Å². The van der Waals surface area contributed by atoms with E-state index in [9.17, 15) is 4.79 Å². The van der Waals surface area contributed by atoms with Crippen LogP contribution < -0.4 is 0 Å². The number of hydrogen-bond donors (Lipinski definition) is 1. The summed E-state index contributed by atoms with van der Waals surface area (Å²) in [7, 11) is 0. The minimum atomic E-state index is -0.687. The number of halogens is 1. The molecule has 1 N–H and O–H groups in total. The molecular weight excluding hydrogens is 202 g/mol. The van der Waals surface area contributed by atoms with E-state index in [4.69, 9.17) is 5.11 Å². The van der Waals surface area contributed by atoms with Gasteiger partial charge in [-0.05, 0) is 38.9 Å². The second kappa shape index (κ2) is 10.8. The molecule has 0 amide bonds. The fraction of sp³-hybridized carbons (Fsp3) is 0.900. The van der Waals surface area contributed by atoms with Crippen LogP contribution in [0.4, 0.5) is 0 Å². The van der Waals surface area contributed by atoms with Crippen LogP contribution in [0.25, 0.3) is 0 Å². The average Bonchev–Trinajstić information content (AvgIpc) is 2.04. The first kappa shape index (κ1) is 16.2. The van der Waals surface area contributed by atoms with E-state index in [1.54, 1.807) is 0 Å². The Morgan fingerprint density at radius 3 is 2.00 bits per heavy atom. The summed E-state index contributed by atoms with van der Waals surface area (Å²) in [6.45, 7) is 7.41. The number of carboxylic acids is 1. The van der Waals surface area contributed by atoms with Crippen LogP contribution in [0.2, 0.25) is 0 Å². The van der Waals surface area contributed by atoms with Gasteiger partial charge in [0.1, 0.15) is 0 Å². The van der Waals surface area contributed by atoms with Gasteiger partial charge in [-0.1, -0.05) is 13.8 Å². The van der Waals surface area contributed by atoms with Crippen molar-refractivity contribution < 1.29 is 9.90 Å². The quantitative estimate of drug-likeness (QED) is 0.687. The van der Waals surface area contributed by atoms with E-state index in [1.165, 1.54) is 0 Å². The molecule has 0 spiro atoms. The minimum Gasteiger partial charge on any atom is -0.481 e. The number of aliphatic carboxylic acids is 1. The zero-order valence-corrected chi connectivity index (χ0v) is 9.98. The number of hydrogen-bond acceptors (Lipinski definition) is 2. The van der Waals surface area contributed by atoms with Gasteiger partial charge in [0.05, 0.1) is 0 Å². The van der Waals surface area contributed by atoms with Crippen LogP contribution in [0.1, 0.15) is 39.5 Å². The highest BCUT2D eigenvalue weighted by Crippen LogP contribution is 1.98. The zero-order valence-electron chi connectivity index (χ0n) is 9.16. The molecule has 0 aromatic heterocycles. The standard InChI is InChI=1S/C10H21NO2.ClH/c1-3-7-11(8-4-2)9-5-6-10(12)13;/h3-9H2,1-2H3,(H,12,13);1H. The van der Waals surface area contributed by atoms with Crippen molar-refractivity contribution in [2.24, 2.45) is 0 Å². The molecule has 4 heteroatoms. The van der Waals surface area contributed by atoms with Crippen LogP contribution in [0.15, 0.2) is 0 Å². The number of nitrogens with zero attached hydrogens (tertiary/aromatic N) is 1. The maximum Gasteiger partial charge on any atom is 0.303 e. The van der Waals surface area contributed by atoms with E-state index in [0.717, 1.165) is 38.9 Å². The first-order valence-corrected chi connectivity index (χ1v) is 5.14. The Kier molecular flexibility index (Phi) is 12.5. The average molecular weight is 224 g/mol. The van der Waals surface area contributed by atoms with E-state index in [1.807, 2.05) is 0 Å². The Morgan fingerprint density at radius 1 is 1.14 bits per heavy atom. The number of carboxylic acid groups (broad SMARTS) is 1. The summed E-state index contributed by atoms with van der Waals surface area (Å²) in [6.07, 6.45) is 3.36. The number of carbonyl (C=O) groups is 1. The van der Waals surface area contributed by atoms with Gasteiger partial charge < -0.3 is 10.0 Å².